The van der Waals surface area contributed by atoms with Crippen molar-refractivity contribution in [1.29, 1.82) is 0 Å². The number of benzene rings is 2. The van der Waals surface area contributed by atoms with Crippen LogP contribution in [-0.4, -0.2) is 11.1 Å². The Labute approximate surface area is 124 Å². The standard InChI is InChI=1S/C18H19FO2/c1-11-8-12(2)15(13(3)9-11)10-16(18(20)21)14-6-4-5-7-17(14)19/h4-9,16H,10H2,1-3H3,(H,20,21). The van der Waals surface area contributed by atoms with Gasteiger partial charge >= 0.3 is 5.97 Å². The van der Waals surface area contributed by atoms with Crippen LogP contribution in [0.4, 0.5) is 4.39 Å². The second-order valence-corrected chi connectivity index (χ2v) is 5.49. The van der Waals surface area contributed by atoms with E-state index in [1.807, 2.05) is 32.9 Å². The molecule has 0 radical (unpaired) electrons. The van der Waals surface area contributed by atoms with Crippen molar-refractivity contribution in [2.75, 3.05) is 0 Å². The smallest absolute Gasteiger partial charge is 0.311 e. The van der Waals surface area contributed by atoms with E-state index >= 15 is 0 Å². The fraction of sp³-hybridized carbons (Fsp3) is 0.278. The SMILES string of the molecule is Cc1cc(C)c(CC(C(=O)O)c2ccccc2F)c(C)c1. The van der Waals surface area contributed by atoms with Gasteiger partial charge in [-0.25, -0.2) is 4.39 Å². The van der Waals surface area contributed by atoms with Crippen LogP contribution < -0.4 is 0 Å². The zero-order valence-electron chi connectivity index (χ0n) is 12.5. The molecule has 0 aliphatic heterocycles. The quantitative estimate of drug-likeness (QED) is 0.916. The maximum absolute atomic E-state index is 13.9. The molecule has 0 spiro atoms. The van der Waals surface area contributed by atoms with Crippen LogP contribution in [0.3, 0.4) is 0 Å². The number of aliphatic carboxylic acids is 1. The lowest BCUT2D eigenvalue weighted by atomic mass is 9.87. The summed E-state index contributed by atoms with van der Waals surface area (Å²) in [6.07, 6.45) is 0.300. The van der Waals surface area contributed by atoms with Gasteiger partial charge in [0.25, 0.3) is 0 Å². The van der Waals surface area contributed by atoms with Crippen LogP contribution in [0.2, 0.25) is 0 Å². The fourth-order valence-corrected chi connectivity index (χ4v) is 2.82. The highest BCUT2D eigenvalue weighted by atomic mass is 19.1. The van der Waals surface area contributed by atoms with Gasteiger partial charge < -0.3 is 5.11 Å². The van der Waals surface area contributed by atoms with Gasteiger partial charge in [-0.1, -0.05) is 35.9 Å². The number of hydrogen-bond donors (Lipinski definition) is 1. The Hall–Kier alpha value is -2.16. The number of carbonyl (C=O) groups is 1. The summed E-state index contributed by atoms with van der Waals surface area (Å²) in [6.45, 7) is 5.94. The van der Waals surface area contributed by atoms with Crippen molar-refractivity contribution in [2.45, 2.75) is 33.1 Å². The Morgan fingerprint density at radius 3 is 2.24 bits per heavy atom. The molecule has 0 saturated heterocycles. The van der Waals surface area contributed by atoms with Gasteiger partial charge in [0.15, 0.2) is 0 Å². The Bertz CT molecular complexity index is 654. The molecule has 1 atom stereocenters. The van der Waals surface area contributed by atoms with Crippen molar-refractivity contribution in [3.8, 4) is 0 Å². The zero-order valence-corrected chi connectivity index (χ0v) is 12.5. The lowest BCUT2D eigenvalue weighted by Crippen LogP contribution is -2.17. The molecular weight excluding hydrogens is 267 g/mol. The van der Waals surface area contributed by atoms with Crippen LogP contribution in [0, 0.1) is 26.6 Å². The van der Waals surface area contributed by atoms with E-state index < -0.39 is 17.7 Å². The third kappa shape index (κ3) is 3.30. The Morgan fingerprint density at radius 2 is 1.71 bits per heavy atom. The number of halogens is 1. The highest BCUT2D eigenvalue weighted by Gasteiger charge is 2.24. The van der Waals surface area contributed by atoms with Gasteiger partial charge in [-0.2, -0.15) is 0 Å². The van der Waals surface area contributed by atoms with Crippen LogP contribution in [0.15, 0.2) is 36.4 Å². The average molecular weight is 286 g/mol. The van der Waals surface area contributed by atoms with Gasteiger partial charge in [0.2, 0.25) is 0 Å². The van der Waals surface area contributed by atoms with E-state index in [0.717, 1.165) is 22.3 Å². The number of aryl methyl sites for hydroxylation is 3. The first kappa shape index (κ1) is 15.2. The van der Waals surface area contributed by atoms with Crippen molar-refractivity contribution in [1.82, 2.24) is 0 Å². The minimum atomic E-state index is -1.00. The van der Waals surface area contributed by atoms with Crippen molar-refractivity contribution in [3.05, 3.63) is 70.0 Å². The van der Waals surface area contributed by atoms with E-state index in [-0.39, 0.29) is 5.56 Å². The molecule has 1 unspecified atom stereocenters. The largest absolute Gasteiger partial charge is 0.481 e. The summed E-state index contributed by atoms with van der Waals surface area (Å²) < 4.78 is 13.9. The minimum absolute atomic E-state index is 0.240. The predicted octanol–water partition coefficient (Wildman–Crippen LogP) is 4.16. The number of rotatable bonds is 4. The van der Waals surface area contributed by atoms with Crippen LogP contribution >= 0.6 is 0 Å². The normalized spacial score (nSPS) is 12.2. The van der Waals surface area contributed by atoms with Crippen LogP contribution in [0.1, 0.15) is 33.7 Å². The van der Waals surface area contributed by atoms with E-state index in [9.17, 15) is 14.3 Å². The van der Waals surface area contributed by atoms with Gasteiger partial charge in [-0.15, -0.1) is 0 Å². The van der Waals surface area contributed by atoms with Gasteiger partial charge in [0, 0.05) is 5.56 Å². The summed E-state index contributed by atoms with van der Waals surface area (Å²) in [7, 11) is 0. The van der Waals surface area contributed by atoms with Crippen molar-refractivity contribution < 1.29 is 14.3 Å². The summed E-state index contributed by atoms with van der Waals surface area (Å²) in [6, 6.07) is 10.2. The average Bonchev–Trinajstić information content (AvgIpc) is 2.39. The maximum Gasteiger partial charge on any atom is 0.311 e. The van der Waals surface area contributed by atoms with E-state index in [1.54, 1.807) is 18.2 Å². The Morgan fingerprint density at radius 1 is 1.14 bits per heavy atom. The van der Waals surface area contributed by atoms with E-state index in [0.29, 0.717) is 6.42 Å². The monoisotopic (exact) mass is 286 g/mol. The van der Waals surface area contributed by atoms with Gasteiger partial charge in [0.05, 0.1) is 5.92 Å². The van der Waals surface area contributed by atoms with Crippen LogP contribution in [0.25, 0.3) is 0 Å². The van der Waals surface area contributed by atoms with Gasteiger partial charge in [-0.05, 0) is 49.9 Å². The third-order valence-corrected chi connectivity index (χ3v) is 3.83. The van der Waals surface area contributed by atoms with Crippen molar-refractivity contribution in [2.24, 2.45) is 0 Å². The first-order chi connectivity index (χ1) is 9.90. The molecule has 0 heterocycles. The summed E-state index contributed by atoms with van der Waals surface area (Å²) >= 11 is 0. The molecule has 0 aliphatic rings. The molecule has 2 aromatic rings. The molecule has 0 aliphatic carbocycles. The molecular formula is C18H19FO2. The second kappa shape index (κ2) is 6.08. The number of carboxylic acids is 1. The van der Waals surface area contributed by atoms with Gasteiger partial charge in [0.1, 0.15) is 5.82 Å². The zero-order chi connectivity index (χ0) is 15.6. The molecule has 0 fully saturated rings. The van der Waals surface area contributed by atoms with Crippen molar-refractivity contribution >= 4 is 5.97 Å². The van der Waals surface area contributed by atoms with E-state index in [2.05, 4.69) is 0 Å². The first-order valence-corrected chi connectivity index (χ1v) is 6.94. The molecule has 3 heteroatoms. The third-order valence-electron chi connectivity index (χ3n) is 3.83. The van der Waals surface area contributed by atoms with E-state index in [4.69, 9.17) is 0 Å². The molecule has 0 aromatic heterocycles. The fourth-order valence-electron chi connectivity index (χ4n) is 2.82. The molecule has 21 heavy (non-hydrogen) atoms. The first-order valence-electron chi connectivity index (χ1n) is 6.94. The number of hydrogen-bond acceptors (Lipinski definition) is 1. The Balaban J connectivity index is 2.43. The second-order valence-electron chi connectivity index (χ2n) is 5.49. The summed E-state index contributed by atoms with van der Waals surface area (Å²) in [5, 5.41) is 9.48. The molecule has 0 amide bonds. The molecule has 110 valence electrons. The van der Waals surface area contributed by atoms with Crippen LogP contribution in [0.5, 0.6) is 0 Å². The summed E-state index contributed by atoms with van der Waals surface area (Å²) in [5.41, 5.74) is 4.47. The lowest BCUT2D eigenvalue weighted by molar-refractivity contribution is -0.138. The van der Waals surface area contributed by atoms with Crippen LogP contribution in [-0.2, 0) is 11.2 Å². The highest BCUT2D eigenvalue weighted by Crippen LogP contribution is 2.27. The maximum atomic E-state index is 13.9. The Kier molecular flexibility index (Phi) is 4.41. The minimum Gasteiger partial charge on any atom is -0.481 e. The topological polar surface area (TPSA) is 37.3 Å². The molecule has 1 N–H and O–H groups in total. The lowest BCUT2D eigenvalue weighted by Gasteiger charge is -2.17. The molecule has 0 bridgehead atoms. The molecule has 2 aromatic carbocycles. The summed E-state index contributed by atoms with van der Waals surface area (Å²) in [5.74, 6) is -2.34. The van der Waals surface area contributed by atoms with E-state index in [1.165, 1.54) is 6.07 Å². The van der Waals surface area contributed by atoms with Crippen molar-refractivity contribution in [3.63, 3.8) is 0 Å². The molecule has 0 saturated carbocycles. The van der Waals surface area contributed by atoms with Gasteiger partial charge in [-0.3, -0.25) is 4.79 Å². The molecule has 2 nitrogen and oxygen atoms in total. The summed E-state index contributed by atoms with van der Waals surface area (Å²) in [4.78, 5) is 11.6. The molecule has 2 rings (SSSR count). The predicted molar refractivity (Wildman–Crippen MR) is 81.1 cm³/mol. The highest BCUT2D eigenvalue weighted by molar-refractivity contribution is 5.76. The number of carboxylic acid groups (broad SMARTS) is 1.